The molecule has 1 fully saturated rings. The average molecular weight is 330 g/mol. The fourth-order valence-corrected chi connectivity index (χ4v) is 6.73. The van der Waals surface area contributed by atoms with E-state index < -0.39 is 0 Å². The Labute approximate surface area is 143 Å². The molecule has 0 aromatic heterocycles. The van der Waals surface area contributed by atoms with Crippen molar-refractivity contribution in [3.63, 3.8) is 0 Å². The Kier molecular flexibility index (Phi) is 5.53. The Hall–Kier alpha value is -1.15. The van der Waals surface area contributed by atoms with E-state index in [4.69, 9.17) is 4.74 Å². The Bertz CT molecular complexity index is 649. The van der Waals surface area contributed by atoms with Crippen LogP contribution in [0.15, 0.2) is 41.3 Å². The van der Waals surface area contributed by atoms with Gasteiger partial charge in [0.25, 0.3) is 0 Å². The molecule has 0 radical (unpaired) electrons. The van der Waals surface area contributed by atoms with Gasteiger partial charge in [-0.15, -0.1) is 0 Å². The van der Waals surface area contributed by atoms with Gasteiger partial charge in [0, 0.05) is 34.0 Å². The van der Waals surface area contributed by atoms with Gasteiger partial charge < -0.3 is 4.74 Å². The lowest BCUT2D eigenvalue weighted by atomic mass is 10.1. The molecule has 0 saturated carbocycles. The number of ether oxygens (including phenoxy) is 1. The summed E-state index contributed by atoms with van der Waals surface area (Å²) in [6.07, 6.45) is 5.07. The van der Waals surface area contributed by atoms with Crippen molar-refractivity contribution in [1.82, 2.24) is 0 Å². The van der Waals surface area contributed by atoms with Crippen LogP contribution in [0.3, 0.4) is 0 Å². The zero-order valence-corrected chi connectivity index (χ0v) is 15.5. The van der Waals surface area contributed by atoms with E-state index in [2.05, 4.69) is 57.2 Å². The normalized spacial score (nSPS) is 21.2. The fraction of sp³-hybridized carbons (Fsp3) is 0.524. The first-order valence-corrected chi connectivity index (χ1v) is 10.5. The van der Waals surface area contributed by atoms with E-state index in [1.54, 1.807) is 4.90 Å². The number of hydrogen-bond acceptors (Lipinski definition) is 1. The Morgan fingerprint density at radius 1 is 1.13 bits per heavy atom. The van der Waals surface area contributed by atoms with E-state index >= 15 is 0 Å². The molecule has 23 heavy (non-hydrogen) atoms. The smallest absolute Gasteiger partial charge is 0.163 e. The molecular weight excluding hydrogens is 300 g/mol. The first-order chi connectivity index (χ1) is 11.2. The molecule has 0 N–H and O–H groups in total. The largest absolute Gasteiger partial charge is 0.493 e. The van der Waals surface area contributed by atoms with Crippen molar-refractivity contribution in [2.75, 3.05) is 12.4 Å². The molecule has 2 unspecified atom stereocenters. The summed E-state index contributed by atoms with van der Waals surface area (Å²) in [6, 6.07) is 13.4. The summed E-state index contributed by atoms with van der Waals surface area (Å²) in [7, 11) is 0.396. The summed E-state index contributed by atoms with van der Waals surface area (Å²) in [5.74, 6) is 3.20. The van der Waals surface area contributed by atoms with Gasteiger partial charge in [0.05, 0.1) is 6.61 Å². The van der Waals surface area contributed by atoms with Crippen LogP contribution in [0.1, 0.15) is 46.5 Å². The molecule has 1 saturated heterocycles. The van der Waals surface area contributed by atoms with E-state index in [0.29, 0.717) is 10.9 Å². The number of hydrogen-bond donors (Lipinski definition) is 0. The minimum absolute atomic E-state index is 0.396. The topological polar surface area (TPSA) is 9.23 Å². The van der Waals surface area contributed by atoms with Gasteiger partial charge in [0.1, 0.15) is 16.8 Å². The lowest BCUT2D eigenvalue weighted by Crippen LogP contribution is -2.23. The third-order valence-electron chi connectivity index (χ3n) is 4.84. The summed E-state index contributed by atoms with van der Waals surface area (Å²) >= 11 is 0. The number of rotatable bonds is 6. The lowest BCUT2D eigenvalue weighted by Gasteiger charge is -2.17. The van der Waals surface area contributed by atoms with Crippen LogP contribution in [0.4, 0.5) is 0 Å². The molecule has 2 aromatic carbocycles. The zero-order chi connectivity index (χ0) is 16.2. The van der Waals surface area contributed by atoms with Crippen LogP contribution < -0.4 is 4.74 Å². The summed E-state index contributed by atoms with van der Waals surface area (Å²) in [5.41, 5.74) is 0. The first-order valence-electron chi connectivity index (χ1n) is 9.06. The van der Waals surface area contributed by atoms with Crippen LogP contribution in [0, 0.1) is 5.92 Å². The van der Waals surface area contributed by atoms with E-state index in [1.165, 1.54) is 35.8 Å². The second-order valence-corrected chi connectivity index (χ2v) is 9.18. The quantitative estimate of drug-likeness (QED) is 0.479. The first kappa shape index (κ1) is 16.7. The Balaban J connectivity index is 1.97. The highest BCUT2D eigenvalue weighted by atomic mass is 32.2. The van der Waals surface area contributed by atoms with E-state index in [-0.39, 0.29) is 0 Å². The van der Waals surface area contributed by atoms with Crippen molar-refractivity contribution in [2.45, 2.75) is 56.6 Å². The van der Waals surface area contributed by atoms with Crippen LogP contribution in [0.25, 0.3) is 10.8 Å². The molecule has 1 nitrogen and oxygen atoms in total. The molecule has 2 heteroatoms. The van der Waals surface area contributed by atoms with E-state index in [1.807, 2.05) is 0 Å². The van der Waals surface area contributed by atoms with Gasteiger partial charge in [-0.1, -0.05) is 45.4 Å². The van der Waals surface area contributed by atoms with Gasteiger partial charge in [-0.2, -0.15) is 0 Å². The Morgan fingerprint density at radius 3 is 2.65 bits per heavy atom. The van der Waals surface area contributed by atoms with Crippen molar-refractivity contribution < 1.29 is 4.74 Å². The summed E-state index contributed by atoms with van der Waals surface area (Å²) in [4.78, 5) is 1.57. The minimum Gasteiger partial charge on any atom is -0.493 e. The van der Waals surface area contributed by atoms with E-state index in [0.717, 1.165) is 29.9 Å². The van der Waals surface area contributed by atoms with Gasteiger partial charge in [-0.3, -0.25) is 0 Å². The molecule has 3 rings (SSSR count). The molecule has 1 aliphatic rings. The van der Waals surface area contributed by atoms with Gasteiger partial charge in [0.2, 0.25) is 0 Å². The maximum Gasteiger partial charge on any atom is 0.163 e. The van der Waals surface area contributed by atoms with Crippen LogP contribution in [-0.4, -0.2) is 17.6 Å². The molecule has 124 valence electrons. The molecule has 2 aromatic rings. The standard InChI is InChI=1S/C21H29OS/c1-4-5-14-22-19-12-13-21(18-10-7-6-9-17(18)19)23-15-8-11-20(23)16(2)3/h6-7,9-10,12-13,16,20H,4-5,8,11,14-15H2,1-3H3/q+1. The molecule has 1 heterocycles. The third kappa shape index (κ3) is 3.52. The van der Waals surface area contributed by atoms with E-state index in [9.17, 15) is 0 Å². The van der Waals surface area contributed by atoms with Gasteiger partial charge in [0.15, 0.2) is 4.90 Å². The van der Waals surface area contributed by atoms with Crippen LogP contribution in [0.2, 0.25) is 0 Å². The monoisotopic (exact) mass is 329 g/mol. The average Bonchev–Trinajstić information content (AvgIpc) is 3.05. The maximum absolute atomic E-state index is 6.05. The Morgan fingerprint density at radius 2 is 1.91 bits per heavy atom. The highest BCUT2D eigenvalue weighted by molar-refractivity contribution is 7.98. The molecule has 2 atom stereocenters. The zero-order valence-electron chi connectivity index (χ0n) is 14.7. The number of unbranched alkanes of at least 4 members (excludes halogenated alkanes) is 1. The SMILES string of the molecule is CCCCOc1ccc([S+]2CCCC2C(C)C)c2ccccc12. The summed E-state index contributed by atoms with van der Waals surface area (Å²) in [6.45, 7) is 7.80. The second kappa shape index (κ2) is 7.61. The maximum atomic E-state index is 6.05. The van der Waals surface area contributed by atoms with Crippen molar-refractivity contribution in [1.29, 1.82) is 0 Å². The predicted octanol–water partition coefficient (Wildman–Crippen LogP) is 5.81. The molecule has 0 spiro atoms. The van der Waals surface area contributed by atoms with Crippen LogP contribution in [-0.2, 0) is 10.9 Å². The highest BCUT2D eigenvalue weighted by Gasteiger charge is 2.41. The van der Waals surface area contributed by atoms with Crippen molar-refractivity contribution in [2.24, 2.45) is 5.92 Å². The molecular formula is C21H29OS+. The van der Waals surface area contributed by atoms with Crippen LogP contribution in [0.5, 0.6) is 5.75 Å². The molecule has 0 aliphatic carbocycles. The lowest BCUT2D eigenvalue weighted by molar-refractivity contribution is 0.313. The van der Waals surface area contributed by atoms with Crippen molar-refractivity contribution in [3.8, 4) is 5.75 Å². The fourth-order valence-electron chi connectivity index (χ4n) is 3.59. The van der Waals surface area contributed by atoms with Gasteiger partial charge >= 0.3 is 0 Å². The summed E-state index contributed by atoms with van der Waals surface area (Å²) < 4.78 is 6.05. The number of benzene rings is 2. The van der Waals surface area contributed by atoms with Gasteiger partial charge in [-0.25, -0.2) is 0 Å². The van der Waals surface area contributed by atoms with Crippen LogP contribution >= 0.6 is 0 Å². The number of fused-ring (bicyclic) bond motifs is 1. The predicted molar refractivity (Wildman–Crippen MR) is 103 cm³/mol. The van der Waals surface area contributed by atoms with Gasteiger partial charge in [-0.05, 0) is 31.0 Å². The second-order valence-electron chi connectivity index (χ2n) is 6.87. The third-order valence-corrected chi connectivity index (χ3v) is 8.00. The molecule has 0 bridgehead atoms. The van der Waals surface area contributed by atoms with Crippen molar-refractivity contribution >= 4 is 21.7 Å². The highest BCUT2D eigenvalue weighted by Crippen LogP contribution is 2.39. The van der Waals surface area contributed by atoms with Crippen molar-refractivity contribution in [3.05, 3.63) is 36.4 Å². The summed E-state index contributed by atoms with van der Waals surface area (Å²) in [5, 5.41) is 3.56. The minimum atomic E-state index is 0.396. The molecule has 0 amide bonds. The molecule has 1 aliphatic heterocycles.